The maximum atomic E-state index is 12.6. The van der Waals surface area contributed by atoms with Crippen molar-refractivity contribution in [3.63, 3.8) is 0 Å². The molecule has 4 nitrogen and oxygen atoms in total. The third-order valence-electron chi connectivity index (χ3n) is 4.45. The van der Waals surface area contributed by atoms with E-state index in [-0.39, 0.29) is 6.04 Å². The molecule has 0 bridgehead atoms. The molecule has 0 spiro atoms. The van der Waals surface area contributed by atoms with E-state index in [1.165, 1.54) is 6.07 Å². The first kappa shape index (κ1) is 16.6. The summed E-state index contributed by atoms with van der Waals surface area (Å²) in [6.07, 6.45) is -2.88. The number of fused-ring (bicyclic) bond motifs is 3. The van der Waals surface area contributed by atoms with Crippen LogP contribution in [0, 0.1) is 0 Å². The van der Waals surface area contributed by atoms with Crippen LogP contribution in [0.25, 0.3) is 10.8 Å². The fraction of sp³-hybridized carbons (Fsp3) is 0.263. The Morgan fingerprint density at radius 3 is 2.62 bits per heavy atom. The zero-order chi connectivity index (χ0) is 18.1. The van der Waals surface area contributed by atoms with Gasteiger partial charge in [-0.1, -0.05) is 36.4 Å². The standard InChI is InChI=1S/C19H16F3N3O/c20-19(21,22)16-9-10-17(25-24-16)23-15-6-3-11-26-18-13-5-2-1-4-12(13)7-8-14(15)18/h1-2,4-5,7-10,15H,3,6,11H2,(H,23,25). The maximum Gasteiger partial charge on any atom is 0.435 e. The van der Waals surface area contributed by atoms with Crippen LogP contribution in [0.1, 0.15) is 30.1 Å². The zero-order valence-corrected chi connectivity index (χ0v) is 13.8. The van der Waals surface area contributed by atoms with Gasteiger partial charge in [0, 0.05) is 10.9 Å². The summed E-state index contributed by atoms with van der Waals surface area (Å²) < 4.78 is 43.9. The van der Waals surface area contributed by atoms with Crippen molar-refractivity contribution in [3.8, 4) is 5.75 Å². The average molecular weight is 359 g/mol. The fourth-order valence-electron chi connectivity index (χ4n) is 3.20. The maximum absolute atomic E-state index is 12.6. The lowest BCUT2D eigenvalue weighted by Crippen LogP contribution is -2.14. The molecule has 0 saturated heterocycles. The van der Waals surface area contributed by atoms with Crippen molar-refractivity contribution in [2.75, 3.05) is 11.9 Å². The van der Waals surface area contributed by atoms with Gasteiger partial charge in [0.15, 0.2) is 5.69 Å². The number of ether oxygens (including phenoxy) is 1. The number of nitrogens with zero attached hydrogens (tertiary/aromatic N) is 2. The highest BCUT2D eigenvalue weighted by molar-refractivity contribution is 5.90. The molecular weight excluding hydrogens is 343 g/mol. The van der Waals surface area contributed by atoms with Crippen LogP contribution in [-0.4, -0.2) is 16.8 Å². The molecule has 0 amide bonds. The number of anilines is 1. The molecule has 1 aromatic heterocycles. The molecule has 7 heteroatoms. The summed E-state index contributed by atoms with van der Waals surface area (Å²) in [6.45, 7) is 0.595. The Kier molecular flexibility index (Phi) is 4.14. The number of aromatic nitrogens is 2. The first-order valence-electron chi connectivity index (χ1n) is 8.34. The Hall–Kier alpha value is -2.83. The Balaban J connectivity index is 1.67. The summed E-state index contributed by atoms with van der Waals surface area (Å²) in [4.78, 5) is 0. The van der Waals surface area contributed by atoms with Crippen LogP contribution in [0.5, 0.6) is 5.75 Å². The highest BCUT2D eigenvalue weighted by atomic mass is 19.4. The summed E-state index contributed by atoms with van der Waals surface area (Å²) >= 11 is 0. The smallest absolute Gasteiger partial charge is 0.435 e. The fourth-order valence-corrected chi connectivity index (χ4v) is 3.20. The molecule has 0 fully saturated rings. The predicted octanol–water partition coefficient (Wildman–Crippen LogP) is 4.97. The molecule has 2 heterocycles. The Bertz CT molecular complexity index is 925. The zero-order valence-electron chi connectivity index (χ0n) is 13.8. The van der Waals surface area contributed by atoms with E-state index < -0.39 is 11.9 Å². The van der Waals surface area contributed by atoms with E-state index in [0.717, 1.165) is 41.0 Å². The number of nitrogens with one attached hydrogen (secondary N) is 1. The van der Waals surface area contributed by atoms with E-state index in [9.17, 15) is 13.2 Å². The van der Waals surface area contributed by atoms with Crippen molar-refractivity contribution >= 4 is 16.6 Å². The van der Waals surface area contributed by atoms with Crippen LogP contribution in [0.2, 0.25) is 0 Å². The largest absolute Gasteiger partial charge is 0.493 e. The molecule has 3 aromatic rings. The van der Waals surface area contributed by atoms with Crippen LogP contribution < -0.4 is 10.1 Å². The molecule has 4 rings (SSSR count). The van der Waals surface area contributed by atoms with Gasteiger partial charge in [0.05, 0.1) is 12.6 Å². The molecule has 1 N–H and O–H groups in total. The quantitative estimate of drug-likeness (QED) is 0.701. The molecule has 1 aliphatic heterocycles. The second kappa shape index (κ2) is 6.48. The van der Waals surface area contributed by atoms with Gasteiger partial charge in [-0.15, -0.1) is 10.2 Å². The summed E-state index contributed by atoms with van der Waals surface area (Å²) in [5, 5.41) is 12.3. The molecule has 134 valence electrons. The summed E-state index contributed by atoms with van der Waals surface area (Å²) in [5.41, 5.74) is -0.0264. The minimum Gasteiger partial charge on any atom is -0.493 e. The molecule has 2 aromatic carbocycles. The monoisotopic (exact) mass is 359 g/mol. The van der Waals surface area contributed by atoms with Gasteiger partial charge in [-0.2, -0.15) is 13.2 Å². The van der Waals surface area contributed by atoms with Gasteiger partial charge >= 0.3 is 6.18 Å². The lowest BCUT2D eigenvalue weighted by atomic mass is 9.98. The molecule has 0 radical (unpaired) electrons. The number of hydrogen-bond donors (Lipinski definition) is 1. The second-order valence-electron chi connectivity index (χ2n) is 6.19. The summed E-state index contributed by atoms with van der Waals surface area (Å²) in [5.74, 6) is 1.13. The lowest BCUT2D eigenvalue weighted by molar-refractivity contribution is -0.141. The van der Waals surface area contributed by atoms with Crippen LogP contribution in [0.15, 0.2) is 48.5 Å². The molecule has 26 heavy (non-hydrogen) atoms. The summed E-state index contributed by atoms with van der Waals surface area (Å²) in [6, 6.07) is 14.1. The van der Waals surface area contributed by atoms with Crippen molar-refractivity contribution < 1.29 is 17.9 Å². The molecule has 0 saturated carbocycles. The average Bonchev–Trinajstić information content (AvgIpc) is 2.84. The number of benzene rings is 2. The minimum atomic E-state index is -4.49. The van der Waals surface area contributed by atoms with Crippen molar-refractivity contribution in [2.45, 2.75) is 25.1 Å². The normalized spacial score (nSPS) is 17.3. The van der Waals surface area contributed by atoms with E-state index in [1.807, 2.05) is 36.4 Å². The van der Waals surface area contributed by atoms with Gasteiger partial charge in [0.2, 0.25) is 0 Å². The predicted molar refractivity (Wildman–Crippen MR) is 92.1 cm³/mol. The van der Waals surface area contributed by atoms with Crippen molar-refractivity contribution in [3.05, 3.63) is 59.8 Å². The van der Waals surface area contributed by atoms with Crippen LogP contribution >= 0.6 is 0 Å². The Morgan fingerprint density at radius 2 is 1.85 bits per heavy atom. The number of rotatable bonds is 2. The SMILES string of the molecule is FC(F)(F)c1ccc(NC2CCCOc3c2ccc2ccccc32)nn1. The van der Waals surface area contributed by atoms with Gasteiger partial charge in [-0.05, 0) is 30.4 Å². The Morgan fingerprint density at radius 1 is 1.00 bits per heavy atom. The minimum absolute atomic E-state index is 0.108. The molecule has 1 unspecified atom stereocenters. The number of hydrogen-bond acceptors (Lipinski definition) is 4. The van der Waals surface area contributed by atoms with Crippen molar-refractivity contribution in [2.24, 2.45) is 0 Å². The number of alkyl halides is 3. The molecule has 0 aliphatic carbocycles. The van der Waals surface area contributed by atoms with Crippen molar-refractivity contribution in [1.82, 2.24) is 10.2 Å². The van der Waals surface area contributed by atoms with E-state index in [1.54, 1.807) is 0 Å². The van der Waals surface area contributed by atoms with Crippen LogP contribution in [-0.2, 0) is 6.18 Å². The van der Waals surface area contributed by atoms with E-state index in [0.29, 0.717) is 12.4 Å². The molecule has 1 atom stereocenters. The third kappa shape index (κ3) is 3.16. The van der Waals surface area contributed by atoms with Crippen LogP contribution in [0.4, 0.5) is 19.0 Å². The van der Waals surface area contributed by atoms with E-state index in [2.05, 4.69) is 15.5 Å². The van der Waals surface area contributed by atoms with Gasteiger partial charge in [-0.25, -0.2) is 0 Å². The van der Waals surface area contributed by atoms with E-state index >= 15 is 0 Å². The highest BCUT2D eigenvalue weighted by Gasteiger charge is 2.33. The van der Waals surface area contributed by atoms with Gasteiger partial charge < -0.3 is 10.1 Å². The topological polar surface area (TPSA) is 47.0 Å². The second-order valence-corrected chi connectivity index (χ2v) is 6.19. The van der Waals surface area contributed by atoms with Crippen molar-refractivity contribution in [1.29, 1.82) is 0 Å². The highest BCUT2D eigenvalue weighted by Crippen LogP contribution is 2.39. The van der Waals surface area contributed by atoms with Gasteiger partial charge in [0.25, 0.3) is 0 Å². The van der Waals surface area contributed by atoms with Gasteiger partial charge in [-0.3, -0.25) is 0 Å². The Labute approximate surface area is 148 Å². The first-order valence-corrected chi connectivity index (χ1v) is 8.34. The number of halogens is 3. The molecular formula is C19H16F3N3O. The third-order valence-corrected chi connectivity index (χ3v) is 4.45. The first-order chi connectivity index (χ1) is 12.5. The lowest BCUT2D eigenvalue weighted by Gasteiger charge is -2.20. The van der Waals surface area contributed by atoms with Crippen LogP contribution in [0.3, 0.4) is 0 Å². The van der Waals surface area contributed by atoms with Gasteiger partial charge in [0.1, 0.15) is 11.6 Å². The van der Waals surface area contributed by atoms with E-state index in [4.69, 9.17) is 4.74 Å². The molecule has 1 aliphatic rings. The summed E-state index contributed by atoms with van der Waals surface area (Å²) in [7, 11) is 0.